The van der Waals surface area contributed by atoms with Gasteiger partial charge in [-0.3, -0.25) is 14.5 Å². The van der Waals surface area contributed by atoms with Crippen molar-refractivity contribution in [1.82, 2.24) is 10.2 Å². The third-order valence-corrected chi connectivity index (χ3v) is 5.27. The van der Waals surface area contributed by atoms with E-state index in [4.69, 9.17) is 16.3 Å². The normalized spacial score (nSPS) is 18.6. The molecule has 3 rings (SSSR count). The van der Waals surface area contributed by atoms with Crippen molar-refractivity contribution in [3.8, 4) is 0 Å². The molecule has 1 atom stereocenters. The largest absolute Gasteiger partial charge is 0.478 e. The van der Waals surface area contributed by atoms with Crippen LogP contribution in [0, 0.1) is 0 Å². The number of benzene rings is 1. The highest BCUT2D eigenvalue weighted by Gasteiger charge is 2.38. The number of nitrogens with one attached hydrogen (secondary N) is 1. The lowest BCUT2D eigenvalue weighted by Gasteiger charge is -2.30. The number of carbonyl (C=O) groups excluding carboxylic acids is 2. The molecule has 0 fully saturated rings. The molecule has 2 heterocycles. The molecule has 9 nitrogen and oxygen atoms in total. The van der Waals surface area contributed by atoms with Crippen LogP contribution in [0.4, 0.5) is 0 Å². The summed E-state index contributed by atoms with van der Waals surface area (Å²) < 4.78 is 5.51. The van der Waals surface area contributed by atoms with Crippen LogP contribution >= 0.6 is 11.6 Å². The first-order chi connectivity index (χ1) is 14.7. The monoisotopic (exact) mass is 446 g/mol. The number of ether oxygens (including phenoxy) is 1. The van der Waals surface area contributed by atoms with Crippen LogP contribution in [0.1, 0.15) is 18.4 Å². The number of carbonyl (C=O) groups is 4. The zero-order chi connectivity index (χ0) is 22.7. The summed E-state index contributed by atoms with van der Waals surface area (Å²) in [6.45, 7) is 1.31. The lowest BCUT2D eigenvalue weighted by atomic mass is 9.80. The van der Waals surface area contributed by atoms with Gasteiger partial charge in [-0.05, 0) is 18.6 Å². The molecule has 1 aromatic carbocycles. The number of carboxylic acid groups (broad SMARTS) is 2. The minimum atomic E-state index is -1.32. The van der Waals surface area contributed by atoms with Crippen LogP contribution in [0.3, 0.4) is 0 Å². The molecule has 2 aliphatic rings. The highest BCUT2D eigenvalue weighted by molar-refractivity contribution is 6.31. The van der Waals surface area contributed by atoms with Crippen molar-refractivity contribution in [2.24, 2.45) is 0 Å². The molecule has 3 N–H and O–H groups in total. The number of imide groups is 1. The molecular weight excluding hydrogens is 428 g/mol. The molecule has 0 saturated carbocycles. The fourth-order valence-corrected chi connectivity index (χ4v) is 3.79. The summed E-state index contributed by atoms with van der Waals surface area (Å²) in [5, 5.41) is 22.7. The minimum absolute atomic E-state index is 0.00346. The molecule has 0 radical (unpaired) electrons. The molecule has 1 aromatic rings. The molecule has 162 valence electrons. The van der Waals surface area contributed by atoms with E-state index in [1.807, 2.05) is 0 Å². The summed E-state index contributed by atoms with van der Waals surface area (Å²) in [5.41, 5.74) is 0.434. The second-order valence-electron chi connectivity index (χ2n) is 6.83. The predicted octanol–water partition coefficient (Wildman–Crippen LogP) is 1.67. The number of nitrogens with zero attached hydrogens (tertiary/aromatic N) is 1. The Labute approximate surface area is 182 Å². The molecular formula is C21H19ClN2O7. The summed E-state index contributed by atoms with van der Waals surface area (Å²) in [5.74, 6) is -4.60. The van der Waals surface area contributed by atoms with Gasteiger partial charge in [-0.25, -0.2) is 9.59 Å². The molecule has 0 saturated heterocycles. The molecule has 10 heteroatoms. The minimum Gasteiger partial charge on any atom is -0.478 e. The van der Waals surface area contributed by atoms with E-state index in [9.17, 15) is 29.4 Å². The van der Waals surface area contributed by atoms with Crippen molar-refractivity contribution in [3.63, 3.8) is 0 Å². The number of hydrogen-bond acceptors (Lipinski definition) is 6. The number of rotatable bonds is 8. The van der Waals surface area contributed by atoms with Crippen molar-refractivity contribution >= 4 is 35.4 Å². The molecule has 0 aromatic heterocycles. The van der Waals surface area contributed by atoms with Gasteiger partial charge >= 0.3 is 11.9 Å². The topological polar surface area (TPSA) is 133 Å². The van der Waals surface area contributed by atoms with E-state index in [0.29, 0.717) is 5.56 Å². The first-order valence-electron chi connectivity index (χ1n) is 9.25. The van der Waals surface area contributed by atoms with Crippen LogP contribution in [0.15, 0.2) is 59.0 Å². The Morgan fingerprint density at radius 3 is 2.29 bits per heavy atom. The van der Waals surface area contributed by atoms with Gasteiger partial charge in [0.1, 0.15) is 0 Å². The summed E-state index contributed by atoms with van der Waals surface area (Å²) in [6, 6.07) is 6.44. The lowest BCUT2D eigenvalue weighted by molar-refractivity contribution is -0.138. The number of dihydropyridines is 1. The molecule has 0 bridgehead atoms. The highest BCUT2D eigenvalue weighted by Crippen LogP contribution is 2.41. The Bertz CT molecular complexity index is 1040. The first kappa shape index (κ1) is 22.3. The SMILES string of the molecule is CC1=C(C(=O)O)C(c2ccccc2Cl)C(C(=O)O)=C(COCCN2C(=O)C=CC2=O)N1. The van der Waals surface area contributed by atoms with Gasteiger partial charge in [-0.1, -0.05) is 29.8 Å². The lowest BCUT2D eigenvalue weighted by Crippen LogP contribution is -2.35. The third kappa shape index (κ3) is 4.52. The van der Waals surface area contributed by atoms with Crippen LogP contribution in [0.2, 0.25) is 5.02 Å². The van der Waals surface area contributed by atoms with Gasteiger partial charge in [-0.15, -0.1) is 0 Å². The molecule has 31 heavy (non-hydrogen) atoms. The van der Waals surface area contributed by atoms with Crippen LogP contribution in [0.5, 0.6) is 0 Å². The van der Waals surface area contributed by atoms with Gasteiger partial charge in [0, 0.05) is 22.9 Å². The van der Waals surface area contributed by atoms with Gasteiger partial charge in [0.2, 0.25) is 0 Å². The third-order valence-electron chi connectivity index (χ3n) is 4.93. The zero-order valence-corrected chi connectivity index (χ0v) is 17.2. The van der Waals surface area contributed by atoms with Crippen LogP contribution in [-0.2, 0) is 23.9 Å². The average Bonchev–Trinajstić information content (AvgIpc) is 3.02. The van der Waals surface area contributed by atoms with Crippen molar-refractivity contribution in [3.05, 3.63) is 69.5 Å². The van der Waals surface area contributed by atoms with Gasteiger partial charge in [0.15, 0.2) is 0 Å². The number of allylic oxidation sites excluding steroid dienone is 1. The molecule has 2 amide bonds. The number of hydrogen-bond donors (Lipinski definition) is 3. The zero-order valence-electron chi connectivity index (χ0n) is 16.4. The van der Waals surface area contributed by atoms with E-state index in [1.165, 1.54) is 6.92 Å². The summed E-state index contributed by atoms with van der Waals surface area (Å²) in [7, 11) is 0. The van der Waals surface area contributed by atoms with Crippen LogP contribution in [-0.4, -0.2) is 58.6 Å². The second-order valence-corrected chi connectivity index (χ2v) is 7.24. The Kier molecular flexibility index (Phi) is 6.57. The van der Waals surface area contributed by atoms with E-state index < -0.39 is 29.7 Å². The van der Waals surface area contributed by atoms with Crippen molar-refractivity contribution in [1.29, 1.82) is 0 Å². The van der Waals surface area contributed by atoms with Gasteiger partial charge in [0.05, 0.1) is 42.5 Å². The number of carboxylic acids is 2. The molecule has 0 spiro atoms. The van der Waals surface area contributed by atoms with Crippen molar-refractivity contribution in [2.45, 2.75) is 12.8 Å². The van der Waals surface area contributed by atoms with Gasteiger partial charge < -0.3 is 20.3 Å². The Hall–Kier alpha value is -3.43. The standard InChI is InChI=1S/C21H19ClN2O7/c1-11-17(20(27)28)18(12-4-2-3-5-13(12)22)19(21(29)30)14(23-11)10-31-9-8-24-15(25)6-7-16(24)26/h2-7,18,23H,8-10H2,1H3,(H,27,28)(H,29,30). The Morgan fingerprint density at radius 2 is 1.71 bits per heavy atom. The number of halogens is 1. The van der Waals surface area contributed by atoms with E-state index >= 15 is 0 Å². The smallest absolute Gasteiger partial charge is 0.334 e. The number of aliphatic carboxylic acids is 2. The van der Waals surface area contributed by atoms with E-state index in [1.54, 1.807) is 24.3 Å². The van der Waals surface area contributed by atoms with Gasteiger partial charge in [-0.2, -0.15) is 0 Å². The van der Waals surface area contributed by atoms with Crippen molar-refractivity contribution < 1.29 is 34.1 Å². The summed E-state index contributed by atoms with van der Waals surface area (Å²) in [4.78, 5) is 48.3. The first-order valence-corrected chi connectivity index (χ1v) is 9.63. The highest BCUT2D eigenvalue weighted by atomic mass is 35.5. The molecule has 2 aliphatic heterocycles. The van der Waals surface area contributed by atoms with Crippen molar-refractivity contribution in [2.75, 3.05) is 19.8 Å². The average molecular weight is 447 g/mol. The fourth-order valence-electron chi connectivity index (χ4n) is 3.55. The number of amides is 2. The Morgan fingerprint density at radius 1 is 1.10 bits per heavy atom. The maximum absolute atomic E-state index is 12.1. The quantitative estimate of drug-likeness (QED) is 0.405. The van der Waals surface area contributed by atoms with E-state index in [2.05, 4.69) is 5.32 Å². The summed E-state index contributed by atoms with van der Waals surface area (Å²) >= 11 is 6.26. The van der Waals surface area contributed by atoms with Crippen LogP contribution in [0.25, 0.3) is 0 Å². The molecule has 0 aliphatic carbocycles. The summed E-state index contributed by atoms with van der Waals surface area (Å²) in [6.07, 6.45) is 2.32. The predicted molar refractivity (Wildman–Crippen MR) is 109 cm³/mol. The second kappa shape index (κ2) is 9.15. The fraction of sp³-hybridized carbons (Fsp3) is 0.238. The maximum Gasteiger partial charge on any atom is 0.334 e. The molecule has 1 unspecified atom stereocenters. The van der Waals surface area contributed by atoms with E-state index in [0.717, 1.165) is 17.1 Å². The van der Waals surface area contributed by atoms with E-state index in [-0.39, 0.29) is 47.3 Å². The van der Waals surface area contributed by atoms with Crippen LogP contribution < -0.4 is 5.32 Å². The maximum atomic E-state index is 12.1. The Balaban J connectivity index is 1.88. The van der Waals surface area contributed by atoms with Gasteiger partial charge in [0.25, 0.3) is 11.8 Å².